The van der Waals surface area contributed by atoms with Gasteiger partial charge in [0.15, 0.2) is 0 Å². The molecule has 0 bridgehead atoms. The fourth-order valence-electron chi connectivity index (χ4n) is 1.67. The number of carbonyl (C=O) groups excluding carboxylic acids is 2. The molecule has 2 atom stereocenters. The number of nitrogens with one attached hydrogen (secondary N) is 3. The predicted molar refractivity (Wildman–Crippen MR) is 70.0 cm³/mol. The van der Waals surface area contributed by atoms with Crippen LogP contribution in [0.1, 0.15) is 25.5 Å². The molecule has 5 nitrogen and oxygen atoms in total. The van der Waals surface area contributed by atoms with E-state index < -0.39 is 35.7 Å². The lowest BCUT2D eigenvalue weighted by Crippen LogP contribution is -2.47. The van der Waals surface area contributed by atoms with Crippen molar-refractivity contribution >= 4 is 11.9 Å². The van der Waals surface area contributed by atoms with Gasteiger partial charge in [-0.25, -0.2) is 13.6 Å². The Kier molecular flexibility index (Phi) is 5.57. The Labute approximate surface area is 115 Å². The SMILES string of the molecule is CNC(=O)NC(=O)C(C)NC(C)c1cc(F)ccc1F. The minimum Gasteiger partial charge on any atom is -0.341 e. The van der Waals surface area contributed by atoms with Crippen LogP contribution in [0.4, 0.5) is 13.6 Å². The minimum atomic E-state index is -0.745. The average molecular weight is 285 g/mol. The second kappa shape index (κ2) is 6.95. The van der Waals surface area contributed by atoms with Crippen LogP contribution in [0.3, 0.4) is 0 Å². The maximum absolute atomic E-state index is 13.6. The lowest BCUT2D eigenvalue weighted by atomic mass is 10.1. The number of hydrogen-bond donors (Lipinski definition) is 3. The Morgan fingerprint density at radius 2 is 1.85 bits per heavy atom. The van der Waals surface area contributed by atoms with E-state index in [1.807, 2.05) is 0 Å². The molecule has 3 amide bonds. The molecule has 0 aliphatic carbocycles. The molecule has 20 heavy (non-hydrogen) atoms. The van der Waals surface area contributed by atoms with Crippen LogP contribution in [-0.4, -0.2) is 25.0 Å². The van der Waals surface area contributed by atoms with Crippen LogP contribution in [0, 0.1) is 11.6 Å². The molecule has 0 aromatic heterocycles. The highest BCUT2D eigenvalue weighted by Gasteiger charge is 2.19. The number of halogens is 2. The van der Waals surface area contributed by atoms with E-state index >= 15 is 0 Å². The van der Waals surface area contributed by atoms with Gasteiger partial charge >= 0.3 is 6.03 Å². The normalized spacial score (nSPS) is 13.4. The van der Waals surface area contributed by atoms with Crippen molar-refractivity contribution in [3.8, 4) is 0 Å². The topological polar surface area (TPSA) is 70.2 Å². The maximum atomic E-state index is 13.6. The summed E-state index contributed by atoms with van der Waals surface area (Å²) in [6.45, 7) is 3.12. The molecule has 3 N–H and O–H groups in total. The molecule has 0 radical (unpaired) electrons. The molecule has 2 unspecified atom stereocenters. The summed E-state index contributed by atoms with van der Waals surface area (Å²) in [5.41, 5.74) is 0.115. The monoisotopic (exact) mass is 285 g/mol. The van der Waals surface area contributed by atoms with Gasteiger partial charge in [0.25, 0.3) is 0 Å². The van der Waals surface area contributed by atoms with Gasteiger partial charge in [-0.05, 0) is 32.0 Å². The summed E-state index contributed by atoms with van der Waals surface area (Å²) in [6, 6.07) is 1.15. The summed E-state index contributed by atoms with van der Waals surface area (Å²) in [5, 5.41) is 7.13. The summed E-state index contributed by atoms with van der Waals surface area (Å²) < 4.78 is 26.7. The number of benzene rings is 1. The lowest BCUT2D eigenvalue weighted by Gasteiger charge is -2.20. The zero-order valence-corrected chi connectivity index (χ0v) is 11.5. The molecule has 0 heterocycles. The van der Waals surface area contributed by atoms with Crippen LogP contribution in [0.5, 0.6) is 0 Å². The van der Waals surface area contributed by atoms with Crippen LogP contribution in [0.2, 0.25) is 0 Å². The van der Waals surface area contributed by atoms with Gasteiger partial charge in [0.05, 0.1) is 6.04 Å². The highest BCUT2D eigenvalue weighted by atomic mass is 19.1. The van der Waals surface area contributed by atoms with Gasteiger partial charge in [-0.15, -0.1) is 0 Å². The third-order valence-corrected chi connectivity index (χ3v) is 2.78. The number of imide groups is 1. The summed E-state index contributed by atoms with van der Waals surface area (Å²) in [6.07, 6.45) is 0. The standard InChI is InChI=1S/C13H17F2N3O2/c1-7(10-6-9(14)4-5-11(10)15)17-8(2)12(19)18-13(20)16-3/h4-8,17H,1-3H3,(H2,16,18,19,20). The largest absolute Gasteiger partial charge is 0.341 e. The first-order valence-corrected chi connectivity index (χ1v) is 6.08. The fourth-order valence-corrected chi connectivity index (χ4v) is 1.67. The quantitative estimate of drug-likeness (QED) is 0.784. The number of rotatable bonds is 4. The van der Waals surface area contributed by atoms with Crippen molar-refractivity contribution in [1.82, 2.24) is 16.0 Å². The molecular formula is C13H17F2N3O2. The van der Waals surface area contributed by atoms with Gasteiger partial charge in [0.2, 0.25) is 5.91 Å². The van der Waals surface area contributed by atoms with Gasteiger partial charge in [-0.3, -0.25) is 15.4 Å². The van der Waals surface area contributed by atoms with Crippen molar-refractivity contribution in [1.29, 1.82) is 0 Å². The van der Waals surface area contributed by atoms with E-state index in [0.717, 1.165) is 18.2 Å². The maximum Gasteiger partial charge on any atom is 0.321 e. The van der Waals surface area contributed by atoms with E-state index in [4.69, 9.17) is 0 Å². The molecule has 0 saturated heterocycles. The zero-order valence-electron chi connectivity index (χ0n) is 11.5. The Bertz CT molecular complexity index is 508. The number of carbonyl (C=O) groups is 2. The van der Waals surface area contributed by atoms with Crippen molar-refractivity contribution in [2.24, 2.45) is 0 Å². The van der Waals surface area contributed by atoms with E-state index in [1.165, 1.54) is 14.0 Å². The molecule has 0 fully saturated rings. The first-order chi connectivity index (χ1) is 9.35. The first-order valence-electron chi connectivity index (χ1n) is 6.08. The summed E-state index contributed by atoms with van der Waals surface area (Å²) in [4.78, 5) is 22.6. The van der Waals surface area contributed by atoms with Crippen molar-refractivity contribution in [2.45, 2.75) is 25.9 Å². The van der Waals surface area contributed by atoms with Gasteiger partial charge in [-0.1, -0.05) is 0 Å². The van der Waals surface area contributed by atoms with Gasteiger partial charge in [-0.2, -0.15) is 0 Å². The summed E-state index contributed by atoms with van der Waals surface area (Å²) in [5.74, 6) is -1.68. The van der Waals surface area contributed by atoms with E-state index in [2.05, 4.69) is 16.0 Å². The van der Waals surface area contributed by atoms with Crippen molar-refractivity contribution in [3.63, 3.8) is 0 Å². The Morgan fingerprint density at radius 1 is 1.20 bits per heavy atom. The Balaban J connectivity index is 2.70. The van der Waals surface area contributed by atoms with Gasteiger partial charge in [0, 0.05) is 18.7 Å². The second-order valence-electron chi connectivity index (χ2n) is 4.34. The van der Waals surface area contributed by atoms with E-state index in [1.54, 1.807) is 6.92 Å². The van der Waals surface area contributed by atoms with Crippen LogP contribution < -0.4 is 16.0 Å². The molecule has 1 aromatic rings. The van der Waals surface area contributed by atoms with Crippen LogP contribution in [0.25, 0.3) is 0 Å². The minimum absolute atomic E-state index is 0.115. The van der Waals surface area contributed by atoms with Crippen LogP contribution in [0.15, 0.2) is 18.2 Å². The van der Waals surface area contributed by atoms with E-state index in [9.17, 15) is 18.4 Å². The lowest BCUT2D eigenvalue weighted by molar-refractivity contribution is -0.121. The van der Waals surface area contributed by atoms with E-state index in [0.29, 0.717) is 0 Å². The highest BCUT2D eigenvalue weighted by molar-refractivity contribution is 5.96. The average Bonchev–Trinajstić information content (AvgIpc) is 2.40. The third kappa shape index (κ3) is 4.27. The number of hydrogen-bond acceptors (Lipinski definition) is 3. The zero-order chi connectivity index (χ0) is 15.3. The van der Waals surface area contributed by atoms with Crippen LogP contribution in [-0.2, 0) is 4.79 Å². The van der Waals surface area contributed by atoms with Crippen molar-refractivity contribution < 1.29 is 18.4 Å². The number of urea groups is 1. The Hall–Kier alpha value is -2.02. The molecule has 0 saturated carbocycles. The highest BCUT2D eigenvalue weighted by Crippen LogP contribution is 2.18. The first kappa shape index (κ1) is 16.0. The molecule has 0 spiro atoms. The molecular weight excluding hydrogens is 268 g/mol. The summed E-state index contributed by atoms with van der Waals surface area (Å²) >= 11 is 0. The molecule has 1 rings (SSSR count). The summed E-state index contributed by atoms with van der Waals surface area (Å²) in [7, 11) is 1.38. The Morgan fingerprint density at radius 3 is 2.45 bits per heavy atom. The van der Waals surface area contributed by atoms with Crippen molar-refractivity contribution in [2.75, 3.05) is 7.05 Å². The van der Waals surface area contributed by atoms with Crippen molar-refractivity contribution in [3.05, 3.63) is 35.4 Å². The molecule has 110 valence electrons. The molecule has 7 heteroatoms. The van der Waals surface area contributed by atoms with Gasteiger partial charge in [0.1, 0.15) is 11.6 Å². The second-order valence-corrected chi connectivity index (χ2v) is 4.34. The predicted octanol–water partition coefficient (Wildman–Crippen LogP) is 1.46. The van der Waals surface area contributed by atoms with E-state index in [-0.39, 0.29) is 5.56 Å². The smallest absolute Gasteiger partial charge is 0.321 e. The fraction of sp³-hybridized carbons (Fsp3) is 0.385. The third-order valence-electron chi connectivity index (χ3n) is 2.78. The van der Waals surface area contributed by atoms with Crippen LogP contribution >= 0.6 is 0 Å². The van der Waals surface area contributed by atoms with Gasteiger partial charge < -0.3 is 5.32 Å². The molecule has 1 aromatic carbocycles. The molecule has 0 aliphatic heterocycles. The number of amides is 3. The molecule has 0 aliphatic rings.